The highest BCUT2D eigenvalue weighted by molar-refractivity contribution is 7.17. The average molecular weight is 245 g/mol. The molecule has 0 N–H and O–H groups in total. The van der Waals surface area contributed by atoms with Gasteiger partial charge in [0.1, 0.15) is 5.78 Å². The molecule has 0 saturated heterocycles. The van der Waals surface area contributed by atoms with E-state index in [0.29, 0.717) is 18.1 Å². The van der Waals surface area contributed by atoms with Crippen molar-refractivity contribution in [2.24, 2.45) is 5.41 Å². The highest BCUT2D eigenvalue weighted by atomic mass is 32.1. The highest BCUT2D eigenvalue weighted by Gasteiger charge is 2.50. The summed E-state index contributed by atoms with van der Waals surface area (Å²) >= 11 is 1.71. The Labute approximate surface area is 105 Å². The Morgan fingerprint density at radius 2 is 2.41 bits per heavy atom. The monoisotopic (exact) mass is 245 g/mol. The normalized spacial score (nSPS) is 28.4. The van der Waals surface area contributed by atoms with Crippen LogP contribution in [0.3, 0.4) is 0 Å². The van der Waals surface area contributed by atoms with Crippen molar-refractivity contribution in [1.29, 1.82) is 0 Å². The first-order valence-electron chi connectivity index (χ1n) is 6.01. The second-order valence-electron chi connectivity index (χ2n) is 5.02. The summed E-state index contributed by atoms with van der Waals surface area (Å²) in [6, 6.07) is 4.24. The van der Waals surface area contributed by atoms with Crippen LogP contribution in [-0.4, -0.2) is 10.8 Å². The summed E-state index contributed by atoms with van der Waals surface area (Å²) in [5.41, 5.74) is 2.12. The second kappa shape index (κ2) is 3.64. The number of thiophene rings is 1. The minimum absolute atomic E-state index is 0.160. The third-order valence-electron chi connectivity index (χ3n) is 4.26. The molecule has 0 bridgehead atoms. The highest BCUT2D eigenvalue weighted by Crippen LogP contribution is 2.52. The standard InChI is InChI=1S/C14H15NOS/c1-3-14(2)10(7-13(14)16)9-6-12-11(15-8-9)4-5-17-12/h4-6,8,10H,3,7H2,1-2H3. The number of ketones is 1. The number of hydrogen-bond acceptors (Lipinski definition) is 3. The molecule has 3 rings (SSSR count). The lowest BCUT2D eigenvalue weighted by molar-refractivity contribution is -0.139. The first-order valence-corrected chi connectivity index (χ1v) is 6.89. The number of rotatable bonds is 2. The molecule has 2 aromatic rings. The molecule has 0 spiro atoms. The Bertz CT molecular complexity index is 589. The van der Waals surface area contributed by atoms with Gasteiger partial charge in [-0.1, -0.05) is 13.8 Å². The summed E-state index contributed by atoms with van der Waals surface area (Å²) < 4.78 is 1.22. The Morgan fingerprint density at radius 1 is 1.59 bits per heavy atom. The van der Waals surface area contributed by atoms with Gasteiger partial charge < -0.3 is 0 Å². The maximum Gasteiger partial charge on any atom is 0.140 e. The summed E-state index contributed by atoms with van der Waals surface area (Å²) in [5, 5.41) is 2.06. The van der Waals surface area contributed by atoms with E-state index in [4.69, 9.17) is 0 Å². The van der Waals surface area contributed by atoms with E-state index in [-0.39, 0.29) is 5.41 Å². The zero-order chi connectivity index (χ0) is 12.0. The lowest BCUT2D eigenvalue weighted by atomic mass is 9.57. The van der Waals surface area contributed by atoms with E-state index in [2.05, 4.69) is 30.3 Å². The van der Waals surface area contributed by atoms with Crippen LogP contribution in [0.1, 0.15) is 38.2 Å². The van der Waals surface area contributed by atoms with Crippen LogP contribution in [0.4, 0.5) is 0 Å². The molecule has 1 aliphatic carbocycles. The number of Topliss-reactive ketones (excluding diaryl/α,β-unsaturated/α-hetero) is 1. The van der Waals surface area contributed by atoms with Gasteiger partial charge >= 0.3 is 0 Å². The lowest BCUT2D eigenvalue weighted by Gasteiger charge is -2.45. The lowest BCUT2D eigenvalue weighted by Crippen LogP contribution is -2.45. The van der Waals surface area contributed by atoms with E-state index in [0.717, 1.165) is 11.9 Å². The molecule has 2 atom stereocenters. The molecule has 3 heteroatoms. The fraction of sp³-hybridized carbons (Fsp3) is 0.429. The topological polar surface area (TPSA) is 30.0 Å². The Hall–Kier alpha value is -1.22. The van der Waals surface area contributed by atoms with Gasteiger partial charge in [-0.15, -0.1) is 11.3 Å². The molecule has 88 valence electrons. The van der Waals surface area contributed by atoms with Gasteiger partial charge in [0, 0.05) is 24.0 Å². The van der Waals surface area contributed by atoms with E-state index in [9.17, 15) is 4.79 Å². The van der Waals surface area contributed by atoms with Crippen LogP contribution in [0, 0.1) is 5.41 Å². The number of aromatic nitrogens is 1. The summed E-state index contributed by atoms with van der Waals surface area (Å²) in [4.78, 5) is 16.2. The van der Waals surface area contributed by atoms with Crippen molar-refractivity contribution in [1.82, 2.24) is 4.98 Å². The molecule has 1 saturated carbocycles. The van der Waals surface area contributed by atoms with Crippen molar-refractivity contribution < 1.29 is 4.79 Å². The van der Waals surface area contributed by atoms with Crippen molar-refractivity contribution in [3.63, 3.8) is 0 Å². The molecule has 1 fully saturated rings. The van der Waals surface area contributed by atoms with Gasteiger partial charge in [-0.2, -0.15) is 0 Å². The molecular weight excluding hydrogens is 230 g/mol. The van der Waals surface area contributed by atoms with Crippen LogP contribution in [0.15, 0.2) is 23.7 Å². The molecule has 0 radical (unpaired) electrons. The van der Waals surface area contributed by atoms with Crippen LogP contribution in [0.5, 0.6) is 0 Å². The number of fused-ring (bicyclic) bond motifs is 1. The van der Waals surface area contributed by atoms with Crippen molar-refractivity contribution in [3.8, 4) is 0 Å². The van der Waals surface area contributed by atoms with Gasteiger partial charge in [-0.05, 0) is 29.5 Å². The van der Waals surface area contributed by atoms with Crippen LogP contribution < -0.4 is 0 Å². The largest absolute Gasteiger partial charge is 0.299 e. The first kappa shape index (κ1) is 10.9. The number of carbonyl (C=O) groups is 1. The summed E-state index contributed by atoms with van der Waals surface area (Å²) in [7, 11) is 0. The number of pyridine rings is 1. The molecule has 2 heterocycles. The maximum absolute atomic E-state index is 11.8. The molecule has 2 unspecified atom stereocenters. The third-order valence-corrected chi connectivity index (χ3v) is 5.11. The summed E-state index contributed by atoms with van der Waals surface area (Å²) in [6.45, 7) is 4.18. The van der Waals surface area contributed by atoms with Gasteiger partial charge in [0.2, 0.25) is 0 Å². The zero-order valence-electron chi connectivity index (χ0n) is 10.1. The number of hydrogen-bond donors (Lipinski definition) is 0. The van der Waals surface area contributed by atoms with Crippen LogP contribution in [-0.2, 0) is 4.79 Å². The molecule has 0 aromatic carbocycles. The van der Waals surface area contributed by atoms with E-state index in [1.807, 2.05) is 12.3 Å². The van der Waals surface area contributed by atoms with E-state index in [1.165, 1.54) is 10.3 Å². The molecule has 2 nitrogen and oxygen atoms in total. The van der Waals surface area contributed by atoms with Crippen LogP contribution in [0.2, 0.25) is 0 Å². The third kappa shape index (κ3) is 1.45. The fourth-order valence-corrected chi connectivity index (χ4v) is 3.48. The second-order valence-corrected chi connectivity index (χ2v) is 5.97. The maximum atomic E-state index is 11.8. The molecule has 1 aliphatic rings. The average Bonchev–Trinajstić information content (AvgIpc) is 2.81. The molecule has 0 aliphatic heterocycles. The Kier molecular flexibility index (Phi) is 2.33. The molecule has 17 heavy (non-hydrogen) atoms. The first-order chi connectivity index (χ1) is 8.15. The molecule has 0 amide bonds. The number of nitrogens with zero attached hydrogens (tertiary/aromatic N) is 1. The number of carbonyl (C=O) groups excluding carboxylic acids is 1. The summed E-state index contributed by atoms with van der Waals surface area (Å²) in [6.07, 6.45) is 3.54. The van der Waals surface area contributed by atoms with Gasteiger partial charge in [-0.25, -0.2) is 0 Å². The van der Waals surface area contributed by atoms with Gasteiger partial charge in [-0.3, -0.25) is 9.78 Å². The van der Waals surface area contributed by atoms with E-state index >= 15 is 0 Å². The molecular formula is C14H15NOS. The van der Waals surface area contributed by atoms with Gasteiger partial charge in [0.15, 0.2) is 0 Å². The Balaban J connectivity index is 2.02. The van der Waals surface area contributed by atoms with E-state index < -0.39 is 0 Å². The van der Waals surface area contributed by atoms with Crippen molar-refractivity contribution in [2.75, 3.05) is 0 Å². The van der Waals surface area contributed by atoms with E-state index in [1.54, 1.807) is 11.3 Å². The summed E-state index contributed by atoms with van der Waals surface area (Å²) in [5.74, 6) is 0.760. The SMILES string of the molecule is CCC1(C)C(=O)CC1c1cnc2ccsc2c1. The zero-order valence-corrected chi connectivity index (χ0v) is 10.9. The quantitative estimate of drug-likeness (QED) is 0.806. The van der Waals surface area contributed by atoms with Crippen molar-refractivity contribution in [3.05, 3.63) is 29.3 Å². The Morgan fingerprint density at radius 3 is 3.12 bits per heavy atom. The fourth-order valence-electron chi connectivity index (χ4n) is 2.69. The van der Waals surface area contributed by atoms with Gasteiger partial charge in [0.25, 0.3) is 0 Å². The van der Waals surface area contributed by atoms with Crippen molar-refractivity contribution >= 4 is 27.3 Å². The van der Waals surface area contributed by atoms with Crippen LogP contribution >= 0.6 is 11.3 Å². The van der Waals surface area contributed by atoms with Crippen molar-refractivity contribution in [2.45, 2.75) is 32.6 Å². The minimum Gasteiger partial charge on any atom is -0.299 e. The van der Waals surface area contributed by atoms with Gasteiger partial charge in [0.05, 0.1) is 10.2 Å². The predicted octanol–water partition coefficient (Wildman–Crippen LogP) is 3.77. The smallest absolute Gasteiger partial charge is 0.140 e. The minimum atomic E-state index is -0.160. The molecule has 2 aromatic heterocycles. The van der Waals surface area contributed by atoms with Crippen LogP contribution in [0.25, 0.3) is 10.2 Å². The predicted molar refractivity (Wildman–Crippen MR) is 70.4 cm³/mol.